The van der Waals surface area contributed by atoms with E-state index in [1.165, 1.54) is 24.1 Å². The van der Waals surface area contributed by atoms with Crippen molar-refractivity contribution in [3.8, 4) is 0 Å². The van der Waals surface area contributed by atoms with Crippen LogP contribution in [0.2, 0.25) is 0 Å². The van der Waals surface area contributed by atoms with Crippen LogP contribution in [0.15, 0.2) is 53.8 Å². The Balaban J connectivity index is 1.75. The van der Waals surface area contributed by atoms with Crippen LogP contribution in [-0.2, 0) is 9.59 Å². The summed E-state index contributed by atoms with van der Waals surface area (Å²) in [6.07, 6.45) is 11.3. The second-order valence-electron chi connectivity index (χ2n) is 6.76. The Bertz CT molecular complexity index is 664. The Morgan fingerprint density at radius 2 is 1.88 bits per heavy atom. The zero-order valence-electron chi connectivity index (χ0n) is 15.9. The van der Waals surface area contributed by atoms with Gasteiger partial charge < -0.3 is 0 Å². The molecule has 2 rings (SSSR count). The first kappa shape index (κ1) is 20.7. The quantitative estimate of drug-likeness (QED) is 0.450. The van der Waals surface area contributed by atoms with Crippen molar-refractivity contribution < 1.29 is 9.59 Å². The number of carbonyl (C=O) groups is 2. The molecule has 0 spiro atoms. The molecule has 0 bridgehead atoms. The van der Waals surface area contributed by atoms with E-state index in [0.29, 0.717) is 17.6 Å². The summed E-state index contributed by atoms with van der Waals surface area (Å²) in [4.78, 5) is 25.9. The van der Waals surface area contributed by atoms with E-state index < -0.39 is 0 Å². The van der Waals surface area contributed by atoms with Crippen LogP contribution < -0.4 is 4.46 Å². The van der Waals surface area contributed by atoms with Crippen molar-refractivity contribution in [2.24, 2.45) is 0 Å². The minimum absolute atomic E-state index is 0.0717. The molecule has 0 saturated carbocycles. The van der Waals surface area contributed by atoms with Crippen LogP contribution in [0, 0.1) is 0 Å². The van der Waals surface area contributed by atoms with Gasteiger partial charge in [-0.3, -0.25) is 0 Å². The van der Waals surface area contributed by atoms with E-state index >= 15 is 0 Å². The van der Waals surface area contributed by atoms with Gasteiger partial charge in [-0.2, -0.15) is 0 Å². The minimum atomic E-state index is -0.0717. The van der Waals surface area contributed by atoms with Crippen molar-refractivity contribution in [2.45, 2.75) is 58.8 Å². The van der Waals surface area contributed by atoms with Crippen molar-refractivity contribution in [1.29, 1.82) is 0 Å². The fourth-order valence-electron chi connectivity index (χ4n) is 3.05. The summed E-state index contributed by atoms with van der Waals surface area (Å²) in [5.41, 5.74) is 2.43. The van der Waals surface area contributed by atoms with Gasteiger partial charge in [-0.25, -0.2) is 0 Å². The van der Waals surface area contributed by atoms with Crippen LogP contribution in [0.3, 0.4) is 0 Å². The Morgan fingerprint density at radius 1 is 1.12 bits per heavy atom. The Kier molecular flexibility index (Phi) is 8.87. The molecule has 0 heterocycles. The number of hydrogen-bond acceptors (Lipinski definition) is 2. The van der Waals surface area contributed by atoms with Crippen molar-refractivity contribution in [1.82, 2.24) is 4.90 Å². The molecular weight excluding hydrogens is 389 g/mol. The first-order valence-electron chi connectivity index (χ1n) is 9.45. The van der Waals surface area contributed by atoms with Crippen LogP contribution in [0.1, 0.15) is 58.8 Å². The summed E-state index contributed by atoms with van der Waals surface area (Å²) < 4.78 is 1.50. The summed E-state index contributed by atoms with van der Waals surface area (Å²) in [6, 6.07) is 10.0. The molecule has 0 aromatic heterocycles. The van der Waals surface area contributed by atoms with E-state index in [1.807, 2.05) is 35.2 Å². The van der Waals surface area contributed by atoms with E-state index in [-0.39, 0.29) is 20.9 Å². The second-order valence-corrected chi connectivity index (χ2v) is 9.13. The standard InChI is InChI=1S/C22H29NO2Se/c1-18(10-9-15-22(25)26-21-13-7-4-8-14-21)16-17-23(19(2)24)20-11-5-3-6-12-20/h4,7-8,11,13-14,16H,3,5-6,9-10,12,15,17H2,1-2H3/b18-16+. The summed E-state index contributed by atoms with van der Waals surface area (Å²) in [5.74, 6) is 0.114. The normalized spacial score (nSPS) is 14.7. The zero-order valence-corrected chi connectivity index (χ0v) is 17.6. The van der Waals surface area contributed by atoms with Gasteiger partial charge in [-0.1, -0.05) is 0 Å². The van der Waals surface area contributed by atoms with E-state index in [1.54, 1.807) is 6.92 Å². The topological polar surface area (TPSA) is 37.4 Å². The monoisotopic (exact) mass is 419 g/mol. The average Bonchev–Trinajstić information content (AvgIpc) is 2.63. The van der Waals surface area contributed by atoms with Gasteiger partial charge in [0.25, 0.3) is 0 Å². The Labute approximate surface area is 163 Å². The fraction of sp³-hybridized carbons (Fsp3) is 0.455. The van der Waals surface area contributed by atoms with Gasteiger partial charge in [0.1, 0.15) is 0 Å². The number of allylic oxidation sites excluding steroid dienone is 3. The third-order valence-electron chi connectivity index (χ3n) is 4.54. The molecule has 140 valence electrons. The molecule has 1 aromatic carbocycles. The van der Waals surface area contributed by atoms with Crippen molar-refractivity contribution in [3.05, 3.63) is 53.8 Å². The maximum absolute atomic E-state index is 12.1. The SMILES string of the molecule is CC(=O)N(C/C=C(\C)CCCC(=O)[Se]c1ccccc1)C1=CCCCC1. The predicted molar refractivity (Wildman–Crippen MR) is 108 cm³/mol. The van der Waals surface area contributed by atoms with E-state index in [2.05, 4.69) is 19.1 Å². The van der Waals surface area contributed by atoms with Gasteiger partial charge in [-0.15, -0.1) is 0 Å². The molecule has 1 aliphatic carbocycles. The molecule has 1 aromatic rings. The molecule has 26 heavy (non-hydrogen) atoms. The number of hydrogen-bond donors (Lipinski definition) is 0. The van der Waals surface area contributed by atoms with Crippen molar-refractivity contribution in [2.75, 3.05) is 6.54 Å². The van der Waals surface area contributed by atoms with Gasteiger partial charge in [0, 0.05) is 0 Å². The van der Waals surface area contributed by atoms with Crippen LogP contribution in [0.5, 0.6) is 0 Å². The number of nitrogens with zero attached hydrogens (tertiary/aromatic N) is 1. The van der Waals surface area contributed by atoms with Crippen LogP contribution in [0.4, 0.5) is 0 Å². The first-order valence-corrected chi connectivity index (χ1v) is 11.2. The number of amides is 1. The van der Waals surface area contributed by atoms with Gasteiger partial charge in [-0.05, 0) is 0 Å². The number of benzene rings is 1. The third kappa shape index (κ3) is 7.31. The summed E-state index contributed by atoms with van der Waals surface area (Å²) in [5, 5.41) is 0. The zero-order chi connectivity index (χ0) is 18.8. The van der Waals surface area contributed by atoms with Gasteiger partial charge in [0.15, 0.2) is 0 Å². The van der Waals surface area contributed by atoms with E-state index in [0.717, 1.165) is 30.1 Å². The van der Waals surface area contributed by atoms with Crippen LogP contribution in [-0.4, -0.2) is 37.0 Å². The fourth-order valence-corrected chi connectivity index (χ4v) is 4.73. The third-order valence-corrected chi connectivity index (χ3v) is 6.51. The molecule has 0 saturated heterocycles. The summed E-state index contributed by atoms with van der Waals surface area (Å²) >= 11 is -0.0717. The molecule has 0 radical (unpaired) electrons. The van der Waals surface area contributed by atoms with Crippen LogP contribution >= 0.6 is 0 Å². The van der Waals surface area contributed by atoms with E-state index in [9.17, 15) is 9.59 Å². The van der Waals surface area contributed by atoms with Gasteiger partial charge in [0.2, 0.25) is 0 Å². The van der Waals surface area contributed by atoms with Crippen molar-refractivity contribution in [3.63, 3.8) is 0 Å². The molecule has 3 nitrogen and oxygen atoms in total. The van der Waals surface area contributed by atoms with Gasteiger partial charge >= 0.3 is 164 Å². The summed E-state index contributed by atoms with van der Waals surface area (Å²) in [7, 11) is 0. The maximum atomic E-state index is 12.1. The second kappa shape index (κ2) is 11.2. The average molecular weight is 418 g/mol. The molecule has 0 aliphatic heterocycles. The molecule has 0 atom stereocenters. The number of rotatable bonds is 9. The molecule has 4 heteroatoms. The molecule has 0 unspecified atom stereocenters. The summed E-state index contributed by atoms with van der Waals surface area (Å²) in [6.45, 7) is 4.39. The molecule has 0 fully saturated rings. The Morgan fingerprint density at radius 3 is 2.54 bits per heavy atom. The molecule has 1 amide bonds. The number of carbonyl (C=O) groups excluding carboxylic acids is 2. The first-order chi connectivity index (χ1) is 12.6. The van der Waals surface area contributed by atoms with E-state index in [4.69, 9.17) is 0 Å². The van der Waals surface area contributed by atoms with Gasteiger partial charge in [0.05, 0.1) is 0 Å². The predicted octanol–water partition coefficient (Wildman–Crippen LogP) is 3.97. The Hall–Kier alpha value is -1.64. The molecule has 1 aliphatic rings. The van der Waals surface area contributed by atoms with Crippen molar-refractivity contribution >= 4 is 30.0 Å². The molecular formula is C22H29NO2Se. The van der Waals surface area contributed by atoms with Crippen LogP contribution in [0.25, 0.3) is 0 Å². The molecule has 0 N–H and O–H groups in total.